The highest BCUT2D eigenvalue weighted by atomic mass is 32.2. The second-order valence-electron chi connectivity index (χ2n) is 8.46. The molecule has 0 aliphatic carbocycles. The molecule has 0 saturated carbocycles. The number of nitrogens with zero attached hydrogens (tertiary/aromatic N) is 4. The van der Waals surface area contributed by atoms with E-state index in [-0.39, 0.29) is 11.2 Å². The SMILES string of the molecule is Cn1c(COc2ccc(C(C)(C)C)cc2)nnc1SCc1csc(-c2ccc(F)cc2)n1. The molecule has 0 saturated heterocycles. The molecular weight excluding hydrogens is 443 g/mol. The Bertz CT molecular complexity index is 1180. The molecule has 0 aliphatic rings. The lowest BCUT2D eigenvalue weighted by molar-refractivity contribution is 0.290. The maximum absolute atomic E-state index is 13.1. The number of thiazole rings is 1. The van der Waals surface area contributed by atoms with Crippen LogP contribution in [0.3, 0.4) is 0 Å². The van der Waals surface area contributed by atoms with Crippen molar-refractivity contribution in [3.63, 3.8) is 0 Å². The van der Waals surface area contributed by atoms with Gasteiger partial charge >= 0.3 is 0 Å². The largest absolute Gasteiger partial charge is 0.486 e. The van der Waals surface area contributed by atoms with Gasteiger partial charge in [0.25, 0.3) is 0 Å². The number of ether oxygens (including phenoxy) is 1. The standard InChI is InChI=1S/C24H25FN4OS2/c1-24(2,3)17-7-11-20(12-8-17)30-13-21-27-28-23(29(21)4)32-15-19-14-31-22(26-19)16-5-9-18(25)10-6-16/h5-12,14H,13,15H2,1-4H3. The van der Waals surface area contributed by atoms with Gasteiger partial charge in [-0.15, -0.1) is 21.5 Å². The highest BCUT2D eigenvalue weighted by Crippen LogP contribution is 2.28. The number of thioether (sulfide) groups is 1. The lowest BCUT2D eigenvalue weighted by Gasteiger charge is -2.19. The molecule has 0 N–H and O–H groups in total. The van der Waals surface area contributed by atoms with Crippen LogP contribution in [0.2, 0.25) is 0 Å². The van der Waals surface area contributed by atoms with Gasteiger partial charge in [0.05, 0.1) is 5.69 Å². The van der Waals surface area contributed by atoms with Crippen molar-refractivity contribution in [3.05, 3.63) is 76.8 Å². The predicted molar refractivity (Wildman–Crippen MR) is 128 cm³/mol. The number of hydrogen-bond acceptors (Lipinski definition) is 6. The molecule has 0 aliphatic heterocycles. The van der Waals surface area contributed by atoms with Gasteiger partial charge in [0.2, 0.25) is 0 Å². The van der Waals surface area contributed by atoms with Crippen molar-refractivity contribution < 1.29 is 9.13 Å². The van der Waals surface area contributed by atoms with E-state index < -0.39 is 0 Å². The van der Waals surface area contributed by atoms with Crippen molar-refractivity contribution in [2.45, 2.75) is 43.7 Å². The Hall–Kier alpha value is -2.71. The first kappa shape index (κ1) is 22.5. The first-order chi connectivity index (χ1) is 15.3. The first-order valence-electron chi connectivity index (χ1n) is 10.2. The normalized spacial score (nSPS) is 11.7. The number of aromatic nitrogens is 4. The van der Waals surface area contributed by atoms with Crippen LogP contribution in [-0.4, -0.2) is 19.7 Å². The second-order valence-corrected chi connectivity index (χ2v) is 10.3. The molecule has 2 aromatic heterocycles. The minimum Gasteiger partial charge on any atom is -0.486 e. The highest BCUT2D eigenvalue weighted by Gasteiger charge is 2.14. The van der Waals surface area contributed by atoms with E-state index in [1.54, 1.807) is 35.2 Å². The molecule has 0 atom stereocenters. The summed E-state index contributed by atoms with van der Waals surface area (Å²) in [5, 5.41) is 12.3. The smallest absolute Gasteiger partial charge is 0.191 e. The molecular formula is C24H25FN4OS2. The topological polar surface area (TPSA) is 52.8 Å². The second kappa shape index (κ2) is 9.42. The number of rotatable bonds is 7. The first-order valence-corrected chi connectivity index (χ1v) is 12.1. The van der Waals surface area contributed by atoms with Gasteiger partial charge in [0.15, 0.2) is 11.0 Å². The monoisotopic (exact) mass is 468 g/mol. The molecule has 0 fully saturated rings. The van der Waals surface area contributed by atoms with Crippen LogP contribution < -0.4 is 4.74 Å². The molecule has 2 heterocycles. The number of hydrogen-bond donors (Lipinski definition) is 0. The molecule has 0 amide bonds. The Balaban J connectivity index is 1.34. The van der Waals surface area contributed by atoms with E-state index in [2.05, 4.69) is 48.1 Å². The summed E-state index contributed by atoms with van der Waals surface area (Å²) >= 11 is 3.13. The Labute approximate surface area is 195 Å². The van der Waals surface area contributed by atoms with Crippen LogP contribution in [0.25, 0.3) is 10.6 Å². The van der Waals surface area contributed by atoms with Crippen molar-refractivity contribution in [3.8, 4) is 16.3 Å². The van der Waals surface area contributed by atoms with Crippen LogP contribution >= 0.6 is 23.1 Å². The Morgan fingerprint density at radius 1 is 1.03 bits per heavy atom. The molecule has 166 valence electrons. The molecule has 0 bridgehead atoms. The van der Waals surface area contributed by atoms with Gasteiger partial charge in [-0.3, -0.25) is 0 Å². The highest BCUT2D eigenvalue weighted by molar-refractivity contribution is 7.98. The number of halogens is 1. The van der Waals surface area contributed by atoms with Gasteiger partial charge in [0, 0.05) is 23.7 Å². The third-order valence-electron chi connectivity index (χ3n) is 5.01. The Kier molecular flexibility index (Phi) is 6.62. The summed E-state index contributed by atoms with van der Waals surface area (Å²) in [5.41, 5.74) is 3.26. The van der Waals surface area contributed by atoms with Gasteiger partial charge < -0.3 is 9.30 Å². The summed E-state index contributed by atoms with van der Waals surface area (Å²) in [7, 11) is 1.94. The summed E-state index contributed by atoms with van der Waals surface area (Å²) in [5.74, 6) is 2.01. The van der Waals surface area contributed by atoms with Crippen molar-refractivity contribution in [2.75, 3.05) is 0 Å². The quantitative estimate of drug-likeness (QED) is 0.300. The van der Waals surface area contributed by atoms with Gasteiger partial charge in [-0.1, -0.05) is 44.7 Å². The van der Waals surface area contributed by atoms with Crippen LogP contribution in [0.1, 0.15) is 37.9 Å². The summed E-state index contributed by atoms with van der Waals surface area (Å²) in [4.78, 5) is 4.66. The Morgan fingerprint density at radius 2 is 1.75 bits per heavy atom. The zero-order valence-electron chi connectivity index (χ0n) is 18.5. The van der Waals surface area contributed by atoms with Crippen LogP contribution in [-0.2, 0) is 24.8 Å². The lowest BCUT2D eigenvalue weighted by atomic mass is 9.87. The fourth-order valence-corrected chi connectivity index (χ4v) is 4.79. The molecule has 0 radical (unpaired) electrons. The summed E-state index contributed by atoms with van der Waals surface area (Å²) in [6.45, 7) is 6.93. The molecule has 32 heavy (non-hydrogen) atoms. The molecule has 4 rings (SSSR count). The van der Waals surface area contributed by atoms with E-state index >= 15 is 0 Å². The Morgan fingerprint density at radius 3 is 2.44 bits per heavy atom. The van der Waals surface area contributed by atoms with Gasteiger partial charge in [-0.25, -0.2) is 9.37 Å². The molecule has 5 nitrogen and oxygen atoms in total. The van der Waals surface area contributed by atoms with Crippen LogP contribution in [0.15, 0.2) is 59.1 Å². The average Bonchev–Trinajstić information content (AvgIpc) is 3.38. The van der Waals surface area contributed by atoms with E-state index in [0.29, 0.717) is 12.4 Å². The average molecular weight is 469 g/mol. The minimum atomic E-state index is -0.245. The zero-order valence-corrected chi connectivity index (χ0v) is 20.1. The molecule has 0 unspecified atom stereocenters. The van der Waals surface area contributed by atoms with Crippen molar-refractivity contribution in [1.29, 1.82) is 0 Å². The fourth-order valence-electron chi connectivity index (χ4n) is 3.03. The molecule has 4 aromatic rings. The van der Waals surface area contributed by atoms with Gasteiger partial charge in [-0.2, -0.15) is 0 Å². The van der Waals surface area contributed by atoms with E-state index in [4.69, 9.17) is 4.74 Å². The maximum Gasteiger partial charge on any atom is 0.191 e. The minimum absolute atomic E-state index is 0.116. The molecule has 0 spiro atoms. The maximum atomic E-state index is 13.1. The van der Waals surface area contributed by atoms with Gasteiger partial charge in [0.1, 0.15) is 23.2 Å². The van der Waals surface area contributed by atoms with E-state index in [1.807, 2.05) is 29.1 Å². The molecule has 2 aromatic carbocycles. The van der Waals surface area contributed by atoms with Crippen LogP contribution in [0, 0.1) is 5.82 Å². The number of benzene rings is 2. The predicted octanol–water partition coefficient (Wildman–Crippen LogP) is 6.25. The summed E-state index contributed by atoms with van der Waals surface area (Å²) in [6, 6.07) is 14.6. The third kappa shape index (κ3) is 5.37. The van der Waals surface area contributed by atoms with Gasteiger partial charge in [-0.05, 0) is 47.4 Å². The molecule has 8 heteroatoms. The van der Waals surface area contributed by atoms with E-state index in [0.717, 1.165) is 33.0 Å². The van der Waals surface area contributed by atoms with Crippen LogP contribution in [0.4, 0.5) is 4.39 Å². The third-order valence-corrected chi connectivity index (χ3v) is 7.00. The summed E-state index contributed by atoms with van der Waals surface area (Å²) in [6.07, 6.45) is 0. The van der Waals surface area contributed by atoms with Crippen molar-refractivity contribution in [2.24, 2.45) is 7.05 Å². The van der Waals surface area contributed by atoms with Crippen molar-refractivity contribution >= 4 is 23.1 Å². The van der Waals surface area contributed by atoms with Crippen LogP contribution in [0.5, 0.6) is 5.75 Å². The zero-order chi connectivity index (χ0) is 22.7. The van der Waals surface area contributed by atoms with E-state index in [9.17, 15) is 4.39 Å². The fraction of sp³-hybridized carbons (Fsp3) is 0.292. The summed E-state index contributed by atoms with van der Waals surface area (Å²) < 4.78 is 21.0. The lowest BCUT2D eigenvalue weighted by Crippen LogP contribution is -2.10. The van der Waals surface area contributed by atoms with Crippen molar-refractivity contribution in [1.82, 2.24) is 19.7 Å². The van der Waals surface area contributed by atoms with E-state index in [1.165, 1.54) is 17.7 Å².